The Morgan fingerprint density at radius 1 is 1.17 bits per heavy atom. The fourth-order valence-corrected chi connectivity index (χ4v) is 3.18. The van der Waals surface area contributed by atoms with Crippen molar-refractivity contribution in [1.82, 2.24) is 5.43 Å². The summed E-state index contributed by atoms with van der Waals surface area (Å²) in [5, 5.41) is 15.3. The van der Waals surface area contributed by atoms with Crippen LogP contribution in [0.4, 0.5) is 5.69 Å². The van der Waals surface area contributed by atoms with E-state index in [0.717, 1.165) is 5.56 Å². The van der Waals surface area contributed by atoms with Crippen molar-refractivity contribution in [3.63, 3.8) is 0 Å². The average molecular weight is 489 g/mol. The molecule has 0 aromatic heterocycles. The van der Waals surface area contributed by atoms with Gasteiger partial charge in [0.05, 0.1) is 15.6 Å². The lowest BCUT2D eigenvalue weighted by molar-refractivity contribution is -0.384. The van der Waals surface area contributed by atoms with E-state index in [0.29, 0.717) is 27.4 Å². The third-order valence-electron chi connectivity index (χ3n) is 4.00. The van der Waals surface area contributed by atoms with Crippen molar-refractivity contribution in [2.75, 3.05) is 0 Å². The molecule has 0 heterocycles. The van der Waals surface area contributed by atoms with Crippen LogP contribution in [0.25, 0.3) is 0 Å². The van der Waals surface area contributed by atoms with Gasteiger partial charge < -0.3 is 4.74 Å². The first kappa shape index (κ1) is 21.5. The Morgan fingerprint density at radius 3 is 2.70 bits per heavy atom. The molecule has 0 aliphatic carbocycles. The molecule has 1 N–H and O–H groups in total. The predicted molar refractivity (Wildman–Crippen MR) is 118 cm³/mol. The van der Waals surface area contributed by atoms with E-state index in [1.54, 1.807) is 24.3 Å². The number of benzene rings is 3. The van der Waals surface area contributed by atoms with Gasteiger partial charge in [-0.25, -0.2) is 5.43 Å². The highest BCUT2D eigenvalue weighted by Crippen LogP contribution is 2.27. The van der Waals surface area contributed by atoms with Gasteiger partial charge in [0.2, 0.25) is 0 Å². The zero-order valence-corrected chi connectivity index (χ0v) is 17.8. The van der Waals surface area contributed by atoms with Crippen molar-refractivity contribution >= 4 is 45.3 Å². The molecule has 152 valence electrons. The van der Waals surface area contributed by atoms with Gasteiger partial charge in [-0.05, 0) is 51.8 Å². The van der Waals surface area contributed by atoms with Crippen molar-refractivity contribution in [2.45, 2.75) is 6.61 Å². The van der Waals surface area contributed by atoms with Crippen LogP contribution in [-0.4, -0.2) is 17.0 Å². The predicted octanol–water partition coefficient (Wildman–Crippen LogP) is 5.35. The van der Waals surface area contributed by atoms with E-state index in [9.17, 15) is 14.9 Å². The van der Waals surface area contributed by atoms with Crippen LogP contribution in [-0.2, 0) is 6.61 Å². The van der Waals surface area contributed by atoms with E-state index >= 15 is 0 Å². The number of nitrogens with zero attached hydrogens (tertiary/aromatic N) is 2. The van der Waals surface area contributed by atoms with Crippen LogP contribution >= 0.6 is 27.5 Å². The number of amides is 1. The summed E-state index contributed by atoms with van der Waals surface area (Å²) in [6, 6.07) is 18.2. The standard InChI is InChI=1S/C21H15BrClN3O4/c22-18-10-14(8-9-20(18)30-13-16-4-1-2-7-19(16)23)12-24-25-21(27)15-5-3-6-17(11-15)26(28)29/h1-12H,13H2,(H,25,27). The number of non-ortho nitro benzene ring substituents is 1. The summed E-state index contributed by atoms with van der Waals surface area (Å²) < 4.78 is 6.50. The van der Waals surface area contributed by atoms with E-state index in [1.807, 2.05) is 18.2 Å². The molecule has 3 rings (SSSR count). The molecule has 0 saturated carbocycles. The maximum atomic E-state index is 12.1. The topological polar surface area (TPSA) is 93.8 Å². The molecule has 0 fully saturated rings. The van der Waals surface area contributed by atoms with Crippen LogP contribution in [0.2, 0.25) is 5.02 Å². The quantitative estimate of drug-likeness (QED) is 0.275. The van der Waals surface area contributed by atoms with E-state index < -0.39 is 10.8 Å². The summed E-state index contributed by atoms with van der Waals surface area (Å²) in [7, 11) is 0. The van der Waals surface area contributed by atoms with Crippen molar-refractivity contribution in [3.8, 4) is 5.75 Å². The second kappa shape index (κ2) is 10.00. The van der Waals surface area contributed by atoms with E-state index in [1.165, 1.54) is 30.5 Å². The van der Waals surface area contributed by atoms with Crippen LogP contribution in [0.5, 0.6) is 5.75 Å². The lowest BCUT2D eigenvalue weighted by Crippen LogP contribution is -2.17. The molecule has 0 unspecified atom stereocenters. The summed E-state index contributed by atoms with van der Waals surface area (Å²) in [6.45, 7) is 0.324. The van der Waals surface area contributed by atoms with Crippen molar-refractivity contribution < 1.29 is 14.5 Å². The Labute approximate surface area is 185 Å². The summed E-state index contributed by atoms with van der Waals surface area (Å²) in [5.74, 6) is 0.0846. The molecule has 0 aliphatic rings. The van der Waals surface area contributed by atoms with E-state index in [2.05, 4.69) is 26.5 Å². The Balaban J connectivity index is 1.60. The third kappa shape index (κ3) is 5.65. The number of halogens is 2. The first-order valence-electron chi connectivity index (χ1n) is 8.67. The fourth-order valence-electron chi connectivity index (χ4n) is 2.48. The molecule has 3 aromatic rings. The van der Waals surface area contributed by atoms with Gasteiger partial charge in [-0.3, -0.25) is 14.9 Å². The molecule has 3 aromatic carbocycles. The summed E-state index contributed by atoms with van der Waals surface area (Å²) >= 11 is 9.58. The molecule has 0 saturated heterocycles. The van der Waals surface area contributed by atoms with Gasteiger partial charge in [-0.2, -0.15) is 5.10 Å². The van der Waals surface area contributed by atoms with Crippen molar-refractivity contribution in [1.29, 1.82) is 0 Å². The van der Waals surface area contributed by atoms with Crippen LogP contribution in [0.1, 0.15) is 21.5 Å². The van der Waals surface area contributed by atoms with Gasteiger partial charge in [0.15, 0.2) is 0 Å². The number of hydrazone groups is 1. The number of ether oxygens (including phenoxy) is 1. The van der Waals surface area contributed by atoms with Crippen molar-refractivity contribution in [3.05, 3.63) is 103 Å². The summed E-state index contributed by atoms with van der Waals surface area (Å²) in [4.78, 5) is 22.3. The molecular formula is C21H15BrClN3O4. The molecule has 7 nitrogen and oxygen atoms in total. The minimum atomic E-state index is -0.563. The molecule has 0 radical (unpaired) electrons. The number of carbonyl (C=O) groups is 1. The van der Waals surface area contributed by atoms with Gasteiger partial charge >= 0.3 is 0 Å². The van der Waals surface area contributed by atoms with Gasteiger partial charge in [0, 0.05) is 28.3 Å². The molecule has 9 heteroatoms. The minimum Gasteiger partial charge on any atom is -0.488 e. The largest absolute Gasteiger partial charge is 0.488 e. The molecule has 0 atom stereocenters. The van der Waals surface area contributed by atoms with Crippen molar-refractivity contribution in [2.24, 2.45) is 5.10 Å². The normalized spacial score (nSPS) is 10.7. The maximum absolute atomic E-state index is 12.1. The Morgan fingerprint density at radius 2 is 1.97 bits per heavy atom. The Kier molecular flexibility index (Phi) is 7.16. The molecule has 1 amide bonds. The van der Waals surface area contributed by atoms with Crippen LogP contribution in [0, 0.1) is 10.1 Å². The number of nitro benzene ring substituents is 1. The monoisotopic (exact) mass is 487 g/mol. The van der Waals surface area contributed by atoms with Gasteiger partial charge in [0.1, 0.15) is 12.4 Å². The third-order valence-corrected chi connectivity index (χ3v) is 4.98. The molecule has 0 aliphatic heterocycles. The molecule has 0 bridgehead atoms. The SMILES string of the molecule is O=C(NN=Cc1ccc(OCc2ccccc2Cl)c(Br)c1)c1cccc([N+](=O)[O-])c1. The highest BCUT2D eigenvalue weighted by Gasteiger charge is 2.10. The van der Waals surface area contributed by atoms with Gasteiger partial charge in [-0.1, -0.05) is 35.9 Å². The first-order chi connectivity index (χ1) is 14.4. The smallest absolute Gasteiger partial charge is 0.271 e. The second-order valence-electron chi connectivity index (χ2n) is 6.08. The van der Waals surface area contributed by atoms with E-state index in [-0.39, 0.29) is 11.3 Å². The molecule has 0 spiro atoms. The van der Waals surface area contributed by atoms with E-state index in [4.69, 9.17) is 16.3 Å². The first-order valence-corrected chi connectivity index (χ1v) is 9.85. The lowest BCUT2D eigenvalue weighted by atomic mass is 10.2. The number of nitrogens with one attached hydrogen (secondary N) is 1. The fraction of sp³-hybridized carbons (Fsp3) is 0.0476. The van der Waals surface area contributed by atoms with Crippen LogP contribution in [0.15, 0.2) is 76.3 Å². The zero-order valence-electron chi connectivity index (χ0n) is 15.4. The van der Waals surface area contributed by atoms with Crippen LogP contribution < -0.4 is 10.2 Å². The summed E-state index contributed by atoms with van der Waals surface area (Å²) in [5.41, 5.74) is 3.92. The second-order valence-corrected chi connectivity index (χ2v) is 7.34. The number of rotatable bonds is 7. The zero-order chi connectivity index (χ0) is 21.5. The lowest BCUT2D eigenvalue weighted by Gasteiger charge is -2.10. The minimum absolute atomic E-state index is 0.144. The highest BCUT2D eigenvalue weighted by atomic mass is 79.9. The maximum Gasteiger partial charge on any atom is 0.271 e. The number of hydrogen-bond donors (Lipinski definition) is 1. The number of nitro groups is 1. The summed E-state index contributed by atoms with van der Waals surface area (Å²) in [6.07, 6.45) is 1.46. The van der Waals surface area contributed by atoms with Gasteiger partial charge in [-0.15, -0.1) is 0 Å². The van der Waals surface area contributed by atoms with Gasteiger partial charge in [0.25, 0.3) is 11.6 Å². The highest BCUT2D eigenvalue weighted by molar-refractivity contribution is 9.10. The Hall–Kier alpha value is -3.23. The number of carbonyl (C=O) groups excluding carboxylic acids is 1. The molecular weight excluding hydrogens is 474 g/mol. The number of hydrogen-bond acceptors (Lipinski definition) is 5. The van der Waals surface area contributed by atoms with Crippen LogP contribution in [0.3, 0.4) is 0 Å². The average Bonchev–Trinajstić information content (AvgIpc) is 2.74. The molecule has 30 heavy (non-hydrogen) atoms. The Bertz CT molecular complexity index is 1120.